The van der Waals surface area contributed by atoms with Gasteiger partial charge in [-0.05, 0) is 39.8 Å². The molecule has 0 heterocycles. The van der Waals surface area contributed by atoms with E-state index in [0.717, 1.165) is 0 Å². The fourth-order valence-corrected chi connectivity index (χ4v) is 1.53. The number of aromatic hydroxyl groups is 1. The maximum atomic E-state index is 13.6. The number of rotatable bonds is 3. The largest absolute Gasteiger partial charge is 0.507 e. The number of amides is 1. The Morgan fingerprint density at radius 1 is 1.42 bits per heavy atom. The molecule has 1 amide bonds. The van der Waals surface area contributed by atoms with Gasteiger partial charge < -0.3 is 14.7 Å². The van der Waals surface area contributed by atoms with E-state index in [-0.39, 0.29) is 17.9 Å². The van der Waals surface area contributed by atoms with Crippen LogP contribution in [0.2, 0.25) is 0 Å². The van der Waals surface area contributed by atoms with E-state index in [1.54, 1.807) is 27.7 Å². The summed E-state index contributed by atoms with van der Waals surface area (Å²) >= 11 is 0. The average molecular weight is 269 g/mol. The minimum atomic E-state index is -0.609. The van der Waals surface area contributed by atoms with Crippen LogP contribution in [-0.2, 0) is 11.3 Å². The van der Waals surface area contributed by atoms with E-state index in [4.69, 9.17) is 4.74 Å². The Bertz CT molecular complexity index is 434. The summed E-state index contributed by atoms with van der Waals surface area (Å²) in [5.74, 6) is -0.705. The third-order valence-corrected chi connectivity index (χ3v) is 2.48. The lowest BCUT2D eigenvalue weighted by Crippen LogP contribution is -2.36. The molecule has 0 saturated carbocycles. The Morgan fingerprint density at radius 3 is 2.53 bits per heavy atom. The number of phenolic OH excluding ortho intramolecular Hbond substituents is 1. The molecule has 0 aliphatic carbocycles. The van der Waals surface area contributed by atoms with Crippen molar-refractivity contribution < 1.29 is 19.0 Å². The van der Waals surface area contributed by atoms with Gasteiger partial charge in [-0.25, -0.2) is 9.18 Å². The van der Waals surface area contributed by atoms with Gasteiger partial charge in [0, 0.05) is 12.1 Å². The van der Waals surface area contributed by atoms with E-state index in [9.17, 15) is 14.3 Å². The smallest absolute Gasteiger partial charge is 0.410 e. The molecule has 1 aromatic rings. The minimum absolute atomic E-state index is 0.0239. The van der Waals surface area contributed by atoms with Gasteiger partial charge in [-0.3, -0.25) is 0 Å². The lowest BCUT2D eigenvalue weighted by Gasteiger charge is -2.26. The van der Waals surface area contributed by atoms with Crippen molar-refractivity contribution in [2.45, 2.75) is 39.8 Å². The second-order valence-corrected chi connectivity index (χ2v) is 5.23. The van der Waals surface area contributed by atoms with Crippen molar-refractivity contribution in [3.05, 3.63) is 29.6 Å². The maximum absolute atomic E-state index is 13.6. The molecule has 5 heteroatoms. The molecule has 1 N–H and O–H groups in total. The summed E-state index contributed by atoms with van der Waals surface area (Å²) in [6.07, 6.45) is -0.530. The molecule has 4 nitrogen and oxygen atoms in total. The molecule has 0 atom stereocenters. The van der Waals surface area contributed by atoms with Gasteiger partial charge in [-0.1, -0.05) is 6.07 Å². The molecule has 1 aromatic carbocycles. The number of carbonyl (C=O) groups excluding carboxylic acids is 1. The van der Waals surface area contributed by atoms with Gasteiger partial charge >= 0.3 is 6.09 Å². The summed E-state index contributed by atoms with van der Waals surface area (Å²) in [5, 5.41) is 9.63. The molecule has 0 aromatic heterocycles. The summed E-state index contributed by atoms with van der Waals surface area (Å²) in [4.78, 5) is 13.3. The molecule has 0 unspecified atom stereocenters. The number of halogens is 1. The van der Waals surface area contributed by atoms with Crippen LogP contribution >= 0.6 is 0 Å². The molecular formula is C14H20FNO3. The quantitative estimate of drug-likeness (QED) is 0.916. The molecule has 19 heavy (non-hydrogen) atoms. The van der Waals surface area contributed by atoms with Crippen molar-refractivity contribution in [2.24, 2.45) is 0 Å². The van der Waals surface area contributed by atoms with Crippen LogP contribution in [0.15, 0.2) is 18.2 Å². The Labute approximate surface area is 112 Å². The Hall–Kier alpha value is -1.78. The molecule has 0 saturated heterocycles. The fraction of sp³-hybridized carbons (Fsp3) is 0.500. The number of ether oxygens (including phenoxy) is 1. The van der Waals surface area contributed by atoms with Crippen LogP contribution in [0.25, 0.3) is 0 Å². The summed E-state index contributed by atoms with van der Waals surface area (Å²) in [6, 6.07) is 4.05. The Balaban J connectivity index is 2.85. The monoisotopic (exact) mass is 269 g/mol. The highest BCUT2D eigenvalue weighted by molar-refractivity contribution is 5.68. The van der Waals surface area contributed by atoms with Crippen LogP contribution in [0.5, 0.6) is 5.75 Å². The zero-order valence-corrected chi connectivity index (χ0v) is 11.7. The first-order valence-corrected chi connectivity index (χ1v) is 6.19. The first-order valence-electron chi connectivity index (χ1n) is 6.19. The molecule has 0 aliphatic heterocycles. The van der Waals surface area contributed by atoms with Gasteiger partial charge in [0.2, 0.25) is 0 Å². The predicted octanol–water partition coefficient (Wildman–Crippen LogP) is 3.29. The van der Waals surface area contributed by atoms with Crippen LogP contribution in [0.3, 0.4) is 0 Å². The molecule has 0 fully saturated rings. The first kappa shape index (κ1) is 15.3. The molecular weight excluding hydrogens is 249 g/mol. The van der Waals surface area contributed by atoms with Gasteiger partial charge in [0.05, 0.1) is 6.54 Å². The molecule has 0 bridgehead atoms. The lowest BCUT2D eigenvalue weighted by molar-refractivity contribution is 0.0242. The molecule has 1 rings (SSSR count). The molecule has 0 radical (unpaired) electrons. The normalized spacial score (nSPS) is 11.2. The van der Waals surface area contributed by atoms with Crippen LogP contribution in [0.4, 0.5) is 9.18 Å². The highest BCUT2D eigenvalue weighted by atomic mass is 19.1. The van der Waals surface area contributed by atoms with Gasteiger partial charge in [-0.2, -0.15) is 0 Å². The van der Waals surface area contributed by atoms with E-state index in [1.165, 1.54) is 23.1 Å². The van der Waals surface area contributed by atoms with E-state index < -0.39 is 17.5 Å². The van der Waals surface area contributed by atoms with Crippen LogP contribution in [0.1, 0.15) is 33.3 Å². The SMILES string of the molecule is CCN(Cc1c(O)cccc1F)C(=O)OC(C)(C)C. The molecule has 106 valence electrons. The van der Waals surface area contributed by atoms with Crippen molar-refractivity contribution in [3.8, 4) is 5.75 Å². The number of benzene rings is 1. The number of hydrogen-bond donors (Lipinski definition) is 1. The van der Waals surface area contributed by atoms with E-state index in [1.807, 2.05) is 0 Å². The average Bonchev–Trinajstić information content (AvgIpc) is 2.26. The fourth-order valence-electron chi connectivity index (χ4n) is 1.53. The Morgan fingerprint density at radius 2 is 2.05 bits per heavy atom. The third-order valence-electron chi connectivity index (χ3n) is 2.48. The van der Waals surface area contributed by atoms with Gasteiger partial charge in [0.1, 0.15) is 17.2 Å². The topological polar surface area (TPSA) is 49.8 Å². The maximum Gasteiger partial charge on any atom is 0.410 e. The third kappa shape index (κ3) is 4.43. The van der Waals surface area contributed by atoms with E-state index >= 15 is 0 Å². The number of hydrogen-bond acceptors (Lipinski definition) is 3. The van der Waals surface area contributed by atoms with Crippen molar-refractivity contribution in [1.29, 1.82) is 0 Å². The van der Waals surface area contributed by atoms with Crippen molar-refractivity contribution in [2.75, 3.05) is 6.54 Å². The van der Waals surface area contributed by atoms with Gasteiger partial charge in [0.25, 0.3) is 0 Å². The van der Waals surface area contributed by atoms with Crippen molar-refractivity contribution in [1.82, 2.24) is 4.90 Å². The summed E-state index contributed by atoms with van der Waals surface area (Å²) < 4.78 is 18.8. The Kier molecular flexibility index (Phi) is 4.75. The van der Waals surface area contributed by atoms with Gasteiger partial charge in [0.15, 0.2) is 0 Å². The lowest BCUT2D eigenvalue weighted by atomic mass is 10.1. The summed E-state index contributed by atoms with van der Waals surface area (Å²) in [5.41, 5.74) is -0.517. The van der Waals surface area contributed by atoms with Crippen molar-refractivity contribution in [3.63, 3.8) is 0 Å². The second kappa shape index (κ2) is 5.91. The van der Waals surface area contributed by atoms with Gasteiger partial charge in [-0.15, -0.1) is 0 Å². The second-order valence-electron chi connectivity index (χ2n) is 5.23. The van der Waals surface area contributed by atoms with Crippen LogP contribution in [0, 0.1) is 5.82 Å². The standard InChI is InChI=1S/C14H20FNO3/c1-5-16(13(18)19-14(2,3)4)9-10-11(15)7-6-8-12(10)17/h6-8,17H,5,9H2,1-4H3. The minimum Gasteiger partial charge on any atom is -0.507 e. The van der Waals surface area contributed by atoms with Crippen LogP contribution in [-0.4, -0.2) is 28.2 Å². The zero-order chi connectivity index (χ0) is 14.6. The first-order chi connectivity index (χ1) is 8.74. The summed E-state index contributed by atoms with van der Waals surface area (Å²) in [6.45, 7) is 7.40. The van der Waals surface area contributed by atoms with E-state index in [2.05, 4.69) is 0 Å². The molecule has 0 aliphatic rings. The summed E-state index contributed by atoms with van der Waals surface area (Å²) in [7, 11) is 0. The predicted molar refractivity (Wildman–Crippen MR) is 70.4 cm³/mol. The number of carbonyl (C=O) groups is 1. The zero-order valence-electron chi connectivity index (χ0n) is 11.7. The molecule has 0 spiro atoms. The van der Waals surface area contributed by atoms with Crippen molar-refractivity contribution >= 4 is 6.09 Å². The number of phenols is 1. The number of nitrogens with zero attached hydrogens (tertiary/aromatic N) is 1. The van der Waals surface area contributed by atoms with E-state index in [0.29, 0.717) is 6.54 Å². The highest BCUT2D eigenvalue weighted by Gasteiger charge is 2.22. The van der Waals surface area contributed by atoms with Crippen LogP contribution < -0.4 is 0 Å². The highest BCUT2D eigenvalue weighted by Crippen LogP contribution is 2.22.